The van der Waals surface area contributed by atoms with E-state index in [9.17, 15) is 4.79 Å². The summed E-state index contributed by atoms with van der Waals surface area (Å²) in [4.78, 5) is 16.4. The Kier molecular flexibility index (Phi) is 3.42. The van der Waals surface area contributed by atoms with Gasteiger partial charge in [0.05, 0.1) is 11.4 Å². The summed E-state index contributed by atoms with van der Waals surface area (Å²) in [5, 5.41) is 4.13. The maximum atomic E-state index is 12.1. The lowest BCUT2D eigenvalue weighted by Crippen LogP contribution is -2.33. The Morgan fingerprint density at radius 3 is 2.84 bits per heavy atom. The third-order valence-electron chi connectivity index (χ3n) is 3.49. The van der Waals surface area contributed by atoms with Crippen LogP contribution in [0.2, 0.25) is 0 Å². The number of piperidine rings is 1. The van der Waals surface area contributed by atoms with Crippen molar-refractivity contribution in [2.24, 2.45) is 5.92 Å². The molecule has 4 nitrogen and oxygen atoms in total. The first-order valence-electron chi connectivity index (χ1n) is 6.61. The second-order valence-electron chi connectivity index (χ2n) is 4.77. The fraction of sp³-hybridized carbons (Fsp3) is 0.333. The smallest absolute Gasteiger partial charge is 0.314 e. The molecule has 1 aromatic heterocycles. The normalized spacial score (nSPS) is 16.4. The number of rotatable bonds is 2. The highest BCUT2D eigenvalue weighted by Crippen LogP contribution is 2.25. The number of nitrogens with zero attached hydrogens (tertiary/aromatic N) is 1. The maximum absolute atomic E-state index is 12.1. The highest BCUT2D eigenvalue weighted by molar-refractivity contribution is 5.87. The highest BCUT2D eigenvalue weighted by Gasteiger charge is 2.23. The molecule has 19 heavy (non-hydrogen) atoms. The molecule has 0 amide bonds. The SMILES string of the molecule is O=C(Oc1ccnc2ccccc12)C1CCNCC1. The van der Waals surface area contributed by atoms with Crippen molar-refractivity contribution in [2.45, 2.75) is 12.8 Å². The van der Waals surface area contributed by atoms with E-state index >= 15 is 0 Å². The van der Waals surface area contributed by atoms with Crippen LogP contribution >= 0.6 is 0 Å². The Morgan fingerprint density at radius 1 is 1.21 bits per heavy atom. The van der Waals surface area contributed by atoms with Crippen molar-refractivity contribution in [3.05, 3.63) is 36.5 Å². The summed E-state index contributed by atoms with van der Waals surface area (Å²) >= 11 is 0. The van der Waals surface area contributed by atoms with Crippen LogP contribution in [0.4, 0.5) is 0 Å². The van der Waals surface area contributed by atoms with E-state index in [4.69, 9.17) is 4.74 Å². The minimum absolute atomic E-state index is 0.00757. The number of carbonyl (C=O) groups excluding carboxylic acids is 1. The Bertz CT molecular complexity index is 586. The number of esters is 1. The van der Waals surface area contributed by atoms with Crippen LogP contribution in [0.1, 0.15) is 12.8 Å². The lowest BCUT2D eigenvalue weighted by Gasteiger charge is -2.21. The van der Waals surface area contributed by atoms with Crippen molar-refractivity contribution >= 4 is 16.9 Å². The number of ether oxygens (including phenoxy) is 1. The van der Waals surface area contributed by atoms with Gasteiger partial charge in [0.15, 0.2) is 0 Å². The topological polar surface area (TPSA) is 51.2 Å². The Morgan fingerprint density at radius 2 is 2.00 bits per heavy atom. The first-order valence-corrected chi connectivity index (χ1v) is 6.61. The molecular weight excluding hydrogens is 240 g/mol. The molecule has 98 valence electrons. The molecule has 0 aliphatic carbocycles. The summed E-state index contributed by atoms with van der Waals surface area (Å²) in [5.74, 6) is 0.486. The number of pyridine rings is 1. The van der Waals surface area contributed by atoms with E-state index in [1.165, 1.54) is 0 Å². The van der Waals surface area contributed by atoms with Crippen LogP contribution in [0.15, 0.2) is 36.5 Å². The van der Waals surface area contributed by atoms with Crippen molar-refractivity contribution in [1.82, 2.24) is 10.3 Å². The van der Waals surface area contributed by atoms with Gasteiger partial charge in [0.1, 0.15) is 5.75 Å². The lowest BCUT2D eigenvalue weighted by molar-refractivity contribution is -0.139. The Labute approximate surface area is 111 Å². The lowest BCUT2D eigenvalue weighted by atomic mass is 9.98. The predicted octanol–water partition coefficient (Wildman–Crippen LogP) is 2.14. The first-order chi connectivity index (χ1) is 9.34. The van der Waals surface area contributed by atoms with E-state index < -0.39 is 0 Å². The molecular formula is C15H16N2O2. The average Bonchev–Trinajstić information content (AvgIpc) is 2.48. The molecule has 1 N–H and O–H groups in total. The van der Waals surface area contributed by atoms with Gasteiger partial charge in [-0.2, -0.15) is 0 Å². The van der Waals surface area contributed by atoms with Gasteiger partial charge in [-0.3, -0.25) is 9.78 Å². The molecule has 4 heteroatoms. The number of carbonyl (C=O) groups is 1. The molecule has 1 aliphatic heterocycles. The van der Waals surface area contributed by atoms with Gasteiger partial charge in [-0.15, -0.1) is 0 Å². The van der Waals surface area contributed by atoms with Crippen molar-refractivity contribution in [3.8, 4) is 5.75 Å². The largest absolute Gasteiger partial charge is 0.426 e. The van der Waals surface area contributed by atoms with Crippen molar-refractivity contribution in [1.29, 1.82) is 0 Å². The van der Waals surface area contributed by atoms with Gasteiger partial charge in [-0.25, -0.2) is 0 Å². The number of nitrogens with one attached hydrogen (secondary N) is 1. The number of hydrogen-bond acceptors (Lipinski definition) is 4. The van der Waals surface area contributed by atoms with Crippen LogP contribution in [0.25, 0.3) is 10.9 Å². The zero-order valence-electron chi connectivity index (χ0n) is 10.6. The van der Waals surface area contributed by atoms with Crippen LogP contribution in [-0.4, -0.2) is 24.0 Å². The maximum Gasteiger partial charge on any atom is 0.314 e. The Balaban J connectivity index is 1.82. The van der Waals surface area contributed by atoms with Gasteiger partial charge in [0.25, 0.3) is 0 Å². The molecule has 1 aromatic carbocycles. The predicted molar refractivity (Wildman–Crippen MR) is 73.0 cm³/mol. The zero-order chi connectivity index (χ0) is 13.1. The summed E-state index contributed by atoms with van der Waals surface area (Å²) in [6, 6.07) is 9.44. The number of benzene rings is 1. The molecule has 0 spiro atoms. The van der Waals surface area contributed by atoms with Crippen LogP contribution < -0.4 is 10.1 Å². The van der Waals surface area contributed by atoms with Crippen LogP contribution in [-0.2, 0) is 4.79 Å². The minimum Gasteiger partial charge on any atom is -0.426 e. The molecule has 2 heterocycles. The fourth-order valence-electron chi connectivity index (χ4n) is 2.41. The second kappa shape index (κ2) is 5.36. The van der Waals surface area contributed by atoms with Gasteiger partial charge >= 0.3 is 5.97 Å². The van der Waals surface area contributed by atoms with Gasteiger partial charge in [-0.1, -0.05) is 12.1 Å². The standard InChI is InChI=1S/C15H16N2O2/c18-15(11-5-8-16-9-6-11)19-14-7-10-17-13-4-2-1-3-12(13)14/h1-4,7,10-11,16H,5-6,8-9H2. The molecule has 2 aromatic rings. The molecule has 1 fully saturated rings. The molecule has 0 atom stereocenters. The van der Waals surface area contributed by atoms with E-state index in [1.54, 1.807) is 12.3 Å². The highest BCUT2D eigenvalue weighted by atomic mass is 16.5. The first kappa shape index (κ1) is 12.1. The third-order valence-corrected chi connectivity index (χ3v) is 3.49. The summed E-state index contributed by atoms with van der Waals surface area (Å²) in [6.07, 6.45) is 3.37. The quantitative estimate of drug-likeness (QED) is 0.836. The zero-order valence-corrected chi connectivity index (χ0v) is 10.6. The molecule has 1 aliphatic rings. The van der Waals surface area contributed by atoms with Crippen molar-refractivity contribution < 1.29 is 9.53 Å². The molecule has 0 saturated carbocycles. The van der Waals surface area contributed by atoms with Gasteiger partial charge in [-0.05, 0) is 44.1 Å². The number of fused-ring (bicyclic) bond motifs is 1. The molecule has 3 rings (SSSR count). The molecule has 0 unspecified atom stereocenters. The fourth-order valence-corrected chi connectivity index (χ4v) is 2.41. The monoisotopic (exact) mass is 256 g/mol. The van der Waals surface area contributed by atoms with Gasteiger partial charge in [0.2, 0.25) is 0 Å². The number of para-hydroxylation sites is 1. The van der Waals surface area contributed by atoms with Crippen LogP contribution in [0.3, 0.4) is 0 Å². The summed E-state index contributed by atoms with van der Waals surface area (Å²) < 4.78 is 5.56. The van der Waals surface area contributed by atoms with Gasteiger partial charge < -0.3 is 10.1 Å². The van der Waals surface area contributed by atoms with Crippen LogP contribution in [0, 0.1) is 5.92 Å². The summed E-state index contributed by atoms with van der Waals surface area (Å²) in [5.41, 5.74) is 0.845. The van der Waals surface area contributed by atoms with Gasteiger partial charge in [0, 0.05) is 11.6 Å². The van der Waals surface area contributed by atoms with E-state index in [0.29, 0.717) is 5.75 Å². The van der Waals surface area contributed by atoms with E-state index in [1.807, 2.05) is 24.3 Å². The Hall–Kier alpha value is -1.94. The number of hydrogen-bond donors (Lipinski definition) is 1. The molecule has 0 radical (unpaired) electrons. The van der Waals surface area contributed by atoms with Crippen LogP contribution in [0.5, 0.6) is 5.75 Å². The molecule has 0 bridgehead atoms. The third kappa shape index (κ3) is 2.58. The van der Waals surface area contributed by atoms with E-state index in [-0.39, 0.29) is 11.9 Å². The number of aromatic nitrogens is 1. The molecule has 1 saturated heterocycles. The summed E-state index contributed by atoms with van der Waals surface area (Å²) in [6.45, 7) is 1.77. The summed E-state index contributed by atoms with van der Waals surface area (Å²) in [7, 11) is 0. The second-order valence-corrected chi connectivity index (χ2v) is 4.77. The van der Waals surface area contributed by atoms with Crippen molar-refractivity contribution in [2.75, 3.05) is 13.1 Å². The minimum atomic E-state index is -0.127. The van der Waals surface area contributed by atoms with E-state index in [0.717, 1.165) is 36.8 Å². The van der Waals surface area contributed by atoms with E-state index in [2.05, 4.69) is 10.3 Å². The van der Waals surface area contributed by atoms with Crippen molar-refractivity contribution in [3.63, 3.8) is 0 Å². The average molecular weight is 256 g/mol.